The maximum atomic E-state index is 8.53. The summed E-state index contributed by atoms with van der Waals surface area (Å²) in [6, 6.07) is 5.86. The lowest BCUT2D eigenvalue weighted by atomic mass is 10.5. The standard InChI is InChI=1S/C8H11NOS2/c10-6-3-7-11-12-8-4-1-2-5-9-8/h1-2,4-5,10H,3,6-7H2. The molecular weight excluding hydrogens is 190 g/mol. The maximum Gasteiger partial charge on any atom is 0.106 e. The van der Waals surface area contributed by atoms with E-state index in [1.165, 1.54) is 0 Å². The normalized spacial score (nSPS) is 10.1. The summed E-state index contributed by atoms with van der Waals surface area (Å²) >= 11 is 0. The Morgan fingerprint density at radius 1 is 1.42 bits per heavy atom. The summed E-state index contributed by atoms with van der Waals surface area (Å²) in [5, 5.41) is 9.55. The SMILES string of the molecule is OCCCSSc1ccccn1. The van der Waals surface area contributed by atoms with Crippen LogP contribution in [0.4, 0.5) is 0 Å². The second-order valence-electron chi connectivity index (χ2n) is 2.15. The highest BCUT2D eigenvalue weighted by atomic mass is 33.1. The van der Waals surface area contributed by atoms with Crippen LogP contribution >= 0.6 is 21.6 Å². The minimum Gasteiger partial charge on any atom is -0.396 e. The van der Waals surface area contributed by atoms with Gasteiger partial charge in [0.25, 0.3) is 0 Å². The summed E-state index contributed by atoms with van der Waals surface area (Å²) in [6.07, 6.45) is 2.64. The molecule has 0 atom stereocenters. The minimum atomic E-state index is 0.274. The lowest BCUT2D eigenvalue weighted by Crippen LogP contribution is -1.83. The van der Waals surface area contributed by atoms with Crippen LogP contribution < -0.4 is 0 Å². The van der Waals surface area contributed by atoms with Gasteiger partial charge in [-0.15, -0.1) is 0 Å². The molecule has 1 aromatic heterocycles. The fourth-order valence-electron chi connectivity index (χ4n) is 0.622. The Morgan fingerprint density at radius 3 is 3.00 bits per heavy atom. The highest BCUT2D eigenvalue weighted by molar-refractivity contribution is 8.76. The summed E-state index contributed by atoms with van der Waals surface area (Å²) in [5.74, 6) is 0.970. The van der Waals surface area contributed by atoms with Crippen molar-refractivity contribution >= 4 is 21.6 Å². The van der Waals surface area contributed by atoms with Gasteiger partial charge in [0.2, 0.25) is 0 Å². The summed E-state index contributed by atoms with van der Waals surface area (Å²) < 4.78 is 0. The molecule has 0 saturated carbocycles. The number of aliphatic hydroxyl groups is 1. The van der Waals surface area contributed by atoms with E-state index in [1.54, 1.807) is 27.8 Å². The number of aromatic nitrogens is 1. The van der Waals surface area contributed by atoms with Crippen LogP contribution in [-0.2, 0) is 0 Å². The Bertz CT molecular complexity index is 205. The Morgan fingerprint density at radius 2 is 2.33 bits per heavy atom. The molecule has 1 heterocycles. The lowest BCUT2D eigenvalue weighted by Gasteiger charge is -1.97. The van der Waals surface area contributed by atoms with E-state index in [2.05, 4.69) is 4.98 Å². The van der Waals surface area contributed by atoms with Gasteiger partial charge in [-0.1, -0.05) is 16.9 Å². The molecule has 12 heavy (non-hydrogen) atoms. The van der Waals surface area contributed by atoms with Gasteiger partial charge in [-0.3, -0.25) is 0 Å². The molecule has 0 unspecified atom stereocenters. The van der Waals surface area contributed by atoms with E-state index < -0.39 is 0 Å². The Balaban J connectivity index is 2.16. The van der Waals surface area contributed by atoms with Crippen LogP contribution in [0, 0.1) is 0 Å². The van der Waals surface area contributed by atoms with E-state index in [0.29, 0.717) is 0 Å². The monoisotopic (exact) mass is 201 g/mol. The van der Waals surface area contributed by atoms with Crippen LogP contribution in [0.15, 0.2) is 29.4 Å². The number of hydrogen-bond acceptors (Lipinski definition) is 4. The van der Waals surface area contributed by atoms with Crippen molar-refractivity contribution < 1.29 is 5.11 Å². The highest BCUT2D eigenvalue weighted by Gasteiger charge is 1.93. The zero-order valence-electron chi connectivity index (χ0n) is 6.64. The minimum absolute atomic E-state index is 0.274. The van der Waals surface area contributed by atoms with Crippen molar-refractivity contribution in [2.24, 2.45) is 0 Å². The Kier molecular flexibility index (Phi) is 5.23. The number of rotatable bonds is 5. The van der Waals surface area contributed by atoms with E-state index in [9.17, 15) is 0 Å². The third-order valence-electron chi connectivity index (χ3n) is 1.17. The van der Waals surface area contributed by atoms with Gasteiger partial charge in [0.1, 0.15) is 5.03 Å². The van der Waals surface area contributed by atoms with E-state index in [0.717, 1.165) is 17.2 Å². The summed E-state index contributed by atoms with van der Waals surface area (Å²) in [4.78, 5) is 4.16. The van der Waals surface area contributed by atoms with Crippen molar-refractivity contribution in [2.75, 3.05) is 12.4 Å². The van der Waals surface area contributed by atoms with E-state index in [1.807, 2.05) is 18.2 Å². The largest absolute Gasteiger partial charge is 0.396 e. The fraction of sp³-hybridized carbons (Fsp3) is 0.375. The van der Waals surface area contributed by atoms with E-state index in [-0.39, 0.29) is 6.61 Å². The molecule has 0 amide bonds. The molecule has 0 bridgehead atoms. The number of pyridine rings is 1. The lowest BCUT2D eigenvalue weighted by molar-refractivity contribution is 0.296. The Labute approximate surface area is 80.2 Å². The van der Waals surface area contributed by atoms with Crippen molar-refractivity contribution in [1.82, 2.24) is 4.98 Å². The third kappa shape index (κ3) is 3.99. The van der Waals surface area contributed by atoms with E-state index >= 15 is 0 Å². The quantitative estimate of drug-likeness (QED) is 0.585. The first-order chi connectivity index (χ1) is 5.93. The maximum absolute atomic E-state index is 8.53. The molecule has 1 aromatic rings. The van der Waals surface area contributed by atoms with Crippen molar-refractivity contribution in [3.8, 4) is 0 Å². The third-order valence-corrected chi connectivity index (χ3v) is 3.52. The Hall–Kier alpha value is -0.190. The molecule has 0 fully saturated rings. The number of nitrogens with zero attached hydrogens (tertiary/aromatic N) is 1. The molecule has 0 aliphatic carbocycles. The highest BCUT2D eigenvalue weighted by Crippen LogP contribution is 2.28. The molecule has 1 rings (SSSR count). The van der Waals surface area contributed by atoms with Crippen molar-refractivity contribution in [2.45, 2.75) is 11.4 Å². The zero-order chi connectivity index (χ0) is 8.65. The molecule has 2 nitrogen and oxygen atoms in total. The summed E-state index contributed by atoms with van der Waals surface area (Å²) in [7, 11) is 3.38. The van der Waals surface area contributed by atoms with Crippen molar-refractivity contribution in [3.05, 3.63) is 24.4 Å². The van der Waals surface area contributed by atoms with Gasteiger partial charge in [0.15, 0.2) is 0 Å². The average molecular weight is 201 g/mol. The molecule has 1 N–H and O–H groups in total. The van der Waals surface area contributed by atoms with Crippen molar-refractivity contribution in [3.63, 3.8) is 0 Å². The smallest absolute Gasteiger partial charge is 0.106 e. The second kappa shape index (κ2) is 6.34. The molecule has 0 aromatic carbocycles. The molecular formula is C8H11NOS2. The van der Waals surface area contributed by atoms with Crippen LogP contribution in [0.25, 0.3) is 0 Å². The van der Waals surface area contributed by atoms with Gasteiger partial charge in [-0.05, 0) is 29.3 Å². The molecule has 66 valence electrons. The fourth-order valence-corrected chi connectivity index (χ4v) is 2.57. The first-order valence-corrected chi connectivity index (χ1v) is 6.07. The van der Waals surface area contributed by atoms with Gasteiger partial charge >= 0.3 is 0 Å². The molecule has 0 radical (unpaired) electrons. The zero-order valence-corrected chi connectivity index (χ0v) is 8.27. The van der Waals surface area contributed by atoms with Crippen LogP contribution in [0.5, 0.6) is 0 Å². The summed E-state index contributed by atoms with van der Waals surface area (Å²) in [5.41, 5.74) is 0. The second-order valence-corrected chi connectivity index (χ2v) is 4.59. The molecule has 0 spiro atoms. The van der Waals surface area contributed by atoms with Crippen LogP contribution in [0.3, 0.4) is 0 Å². The topological polar surface area (TPSA) is 33.1 Å². The van der Waals surface area contributed by atoms with Gasteiger partial charge in [-0.25, -0.2) is 4.98 Å². The first-order valence-electron chi connectivity index (χ1n) is 3.75. The van der Waals surface area contributed by atoms with E-state index in [4.69, 9.17) is 5.11 Å². The van der Waals surface area contributed by atoms with Gasteiger partial charge < -0.3 is 5.11 Å². The van der Waals surface area contributed by atoms with Gasteiger partial charge in [0, 0.05) is 18.6 Å². The molecule has 4 heteroatoms. The number of aliphatic hydroxyl groups excluding tert-OH is 1. The van der Waals surface area contributed by atoms with Gasteiger partial charge in [-0.2, -0.15) is 0 Å². The first kappa shape index (κ1) is 9.89. The molecule has 0 aliphatic heterocycles. The predicted octanol–water partition coefficient (Wildman–Crippen LogP) is 2.20. The average Bonchev–Trinajstić information content (AvgIpc) is 2.14. The van der Waals surface area contributed by atoms with Crippen LogP contribution in [0.2, 0.25) is 0 Å². The van der Waals surface area contributed by atoms with Crippen molar-refractivity contribution in [1.29, 1.82) is 0 Å². The van der Waals surface area contributed by atoms with Crippen LogP contribution in [-0.4, -0.2) is 22.5 Å². The number of hydrogen-bond donors (Lipinski definition) is 1. The summed E-state index contributed by atoms with van der Waals surface area (Å²) in [6.45, 7) is 0.274. The predicted molar refractivity (Wildman–Crippen MR) is 54.3 cm³/mol. The molecule has 0 aliphatic rings. The van der Waals surface area contributed by atoms with Gasteiger partial charge in [0.05, 0.1) is 0 Å². The van der Waals surface area contributed by atoms with Crippen LogP contribution in [0.1, 0.15) is 6.42 Å². The molecule has 0 saturated heterocycles.